The number of hydrogen-bond donors (Lipinski definition) is 0. The summed E-state index contributed by atoms with van der Waals surface area (Å²) < 4.78 is 5.74. The van der Waals surface area contributed by atoms with E-state index in [4.69, 9.17) is 16.0 Å². The van der Waals surface area contributed by atoms with Crippen LogP contribution in [0.5, 0.6) is 0 Å². The molecule has 1 heterocycles. The molecule has 80 valence electrons. The minimum atomic E-state index is 0.0260. The lowest BCUT2D eigenvalue weighted by atomic mass is 10.1. The Morgan fingerprint density at radius 1 is 1.00 bits per heavy atom. The van der Waals surface area contributed by atoms with Crippen LogP contribution < -0.4 is 0 Å². The first-order valence-corrected chi connectivity index (χ1v) is 5.74. The highest BCUT2D eigenvalue weighted by Crippen LogP contribution is 2.31. The van der Waals surface area contributed by atoms with Crippen LogP contribution in [0.3, 0.4) is 0 Å². The molecule has 0 spiro atoms. The van der Waals surface area contributed by atoms with E-state index in [1.54, 1.807) is 0 Å². The van der Waals surface area contributed by atoms with Gasteiger partial charge < -0.3 is 4.42 Å². The Hall–Kier alpha value is -1.47. The van der Waals surface area contributed by atoms with Crippen LogP contribution in [-0.4, -0.2) is 0 Å². The second kappa shape index (κ2) is 3.53. The largest absolute Gasteiger partial charge is 0.456 e. The Bertz CT molecular complexity index is 652. The molecule has 0 fully saturated rings. The second-order valence-electron chi connectivity index (χ2n) is 3.97. The van der Waals surface area contributed by atoms with Gasteiger partial charge in [-0.15, -0.1) is 11.6 Å². The number of halogens is 1. The van der Waals surface area contributed by atoms with Crippen molar-refractivity contribution in [1.82, 2.24) is 0 Å². The van der Waals surface area contributed by atoms with Crippen LogP contribution in [-0.2, 0) is 0 Å². The lowest BCUT2D eigenvalue weighted by Crippen LogP contribution is -1.82. The number of furan rings is 1. The van der Waals surface area contributed by atoms with Gasteiger partial charge in [0, 0.05) is 10.8 Å². The Morgan fingerprint density at radius 3 is 2.56 bits per heavy atom. The zero-order valence-corrected chi connectivity index (χ0v) is 9.66. The molecule has 2 aromatic carbocycles. The Labute approximate surface area is 98.6 Å². The Morgan fingerprint density at radius 2 is 1.75 bits per heavy atom. The van der Waals surface area contributed by atoms with Gasteiger partial charge in [0.2, 0.25) is 0 Å². The summed E-state index contributed by atoms with van der Waals surface area (Å²) in [6, 6.07) is 14.2. The smallest absolute Gasteiger partial charge is 0.135 e. The van der Waals surface area contributed by atoms with E-state index >= 15 is 0 Å². The molecule has 0 amide bonds. The first kappa shape index (κ1) is 9.73. The highest BCUT2D eigenvalue weighted by molar-refractivity contribution is 6.20. The highest BCUT2D eigenvalue weighted by atomic mass is 35.5. The fourth-order valence-electron chi connectivity index (χ4n) is 1.99. The van der Waals surface area contributed by atoms with Gasteiger partial charge in [0.15, 0.2) is 0 Å². The van der Waals surface area contributed by atoms with E-state index in [1.165, 1.54) is 0 Å². The van der Waals surface area contributed by atoms with Crippen molar-refractivity contribution in [3.05, 3.63) is 48.0 Å². The van der Waals surface area contributed by atoms with Gasteiger partial charge in [0.1, 0.15) is 11.2 Å². The van der Waals surface area contributed by atoms with Gasteiger partial charge in [-0.1, -0.05) is 24.3 Å². The number of fused-ring (bicyclic) bond motifs is 3. The minimum absolute atomic E-state index is 0.0260. The van der Waals surface area contributed by atoms with Crippen molar-refractivity contribution in [3.8, 4) is 0 Å². The van der Waals surface area contributed by atoms with Crippen LogP contribution in [0.4, 0.5) is 0 Å². The average Bonchev–Trinajstić information content (AvgIpc) is 2.66. The number of hydrogen-bond acceptors (Lipinski definition) is 1. The van der Waals surface area contributed by atoms with Gasteiger partial charge in [-0.05, 0) is 30.7 Å². The number of alkyl halides is 1. The molecular weight excluding hydrogens is 220 g/mol. The number of benzene rings is 2. The molecule has 0 aliphatic carbocycles. The lowest BCUT2D eigenvalue weighted by molar-refractivity contribution is 0.669. The van der Waals surface area contributed by atoms with Crippen LogP contribution >= 0.6 is 11.6 Å². The summed E-state index contributed by atoms with van der Waals surface area (Å²) in [5, 5.41) is 2.32. The second-order valence-corrected chi connectivity index (χ2v) is 4.62. The molecule has 3 aromatic rings. The Balaban J connectivity index is 2.40. The molecule has 0 aliphatic rings. The molecule has 1 nitrogen and oxygen atoms in total. The molecule has 1 atom stereocenters. The van der Waals surface area contributed by atoms with Crippen molar-refractivity contribution in [2.75, 3.05) is 0 Å². The summed E-state index contributed by atoms with van der Waals surface area (Å²) >= 11 is 6.09. The van der Waals surface area contributed by atoms with Gasteiger partial charge >= 0.3 is 0 Å². The fourth-order valence-corrected chi connectivity index (χ4v) is 2.13. The monoisotopic (exact) mass is 230 g/mol. The van der Waals surface area contributed by atoms with Gasteiger partial charge in [-0.25, -0.2) is 0 Å². The standard InChI is InChI=1S/C14H11ClO/c1-9(15)10-6-7-14-12(8-10)11-4-2-3-5-13(11)16-14/h2-9H,1H3. The molecule has 3 rings (SSSR count). The molecule has 0 saturated carbocycles. The number of rotatable bonds is 1. The van der Waals surface area contributed by atoms with Crippen LogP contribution in [0.2, 0.25) is 0 Å². The van der Waals surface area contributed by atoms with Crippen LogP contribution in [0.1, 0.15) is 17.9 Å². The molecule has 1 aromatic heterocycles. The zero-order chi connectivity index (χ0) is 11.1. The molecule has 0 N–H and O–H groups in total. The first-order chi connectivity index (χ1) is 7.75. The van der Waals surface area contributed by atoms with Gasteiger partial charge in [0.05, 0.1) is 5.38 Å². The molecule has 0 aliphatic heterocycles. The maximum absolute atomic E-state index is 6.09. The Kier molecular flexibility index (Phi) is 2.15. The van der Waals surface area contributed by atoms with Crippen molar-refractivity contribution < 1.29 is 4.42 Å². The molecule has 16 heavy (non-hydrogen) atoms. The third-order valence-corrected chi connectivity index (χ3v) is 3.11. The molecule has 0 radical (unpaired) electrons. The third kappa shape index (κ3) is 1.40. The summed E-state index contributed by atoms with van der Waals surface area (Å²) in [5.41, 5.74) is 2.97. The molecule has 2 heteroatoms. The van der Waals surface area contributed by atoms with Crippen molar-refractivity contribution in [2.24, 2.45) is 0 Å². The van der Waals surface area contributed by atoms with Crippen molar-refractivity contribution in [3.63, 3.8) is 0 Å². The molecular formula is C14H11ClO. The van der Waals surface area contributed by atoms with Crippen molar-refractivity contribution in [2.45, 2.75) is 12.3 Å². The lowest BCUT2D eigenvalue weighted by Gasteiger charge is -2.01. The fraction of sp³-hybridized carbons (Fsp3) is 0.143. The van der Waals surface area contributed by atoms with Crippen LogP contribution in [0.25, 0.3) is 21.9 Å². The van der Waals surface area contributed by atoms with E-state index in [1.807, 2.05) is 37.3 Å². The summed E-state index contributed by atoms with van der Waals surface area (Å²) in [5.74, 6) is 0. The summed E-state index contributed by atoms with van der Waals surface area (Å²) in [4.78, 5) is 0. The van der Waals surface area contributed by atoms with Gasteiger partial charge in [0.25, 0.3) is 0 Å². The SMILES string of the molecule is CC(Cl)c1ccc2oc3ccccc3c2c1. The minimum Gasteiger partial charge on any atom is -0.456 e. The predicted molar refractivity (Wildman–Crippen MR) is 68.0 cm³/mol. The van der Waals surface area contributed by atoms with E-state index in [-0.39, 0.29) is 5.38 Å². The summed E-state index contributed by atoms with van der Waals surface area (Å²) in [6.45, 7) is 1.98. The van der Waals surface area contributed by atoms with Crippen molar-refractivity contribution in [1.29, 1.82) is 0 Å². The maximum atomic E-state index is 6.09. The summed E-state index contributed by atoms with van der Waals surface area (Å²) in [6.07, 6.45) is 0. The average molecular weight is 231 g/mol. The highest BCUT2D eigenvalue weighted by Gasteiger charge is 2.08. The van der Waals surface area contributed by atoms with E-state index in [0.29, 0.717) is 0 Å². The van der Waals surface area contributed by atoms with Gasteiger partial charge in [-0.3, -0.25) is 0 Å². The normalized spacial score (nSPS) is 13.4. The third-order valence-electron chi connectivity index (χ3n) is 2.86. The van der Waals surface area contributed by atoms with E-state index in [0.717, 1.165) is 27.5 Å². The van der Waals surface area contributed by atoms with Gasteiger partial charge in [-0.2, -0.15) is 0 Å². The van der Waals surface area contributed by atoms with Crippen LogP contribution in [0.15, 0.2) is 46.9 Å². The van der Waals surface area contributed by atoms with E-state index in [2.05, 4.69) is 12.1 Å². The molecule has 1 unspecified atom stereocenters. The maximum Gasteiger partial charge on any atom is 0.135 e. The first-order valence-electron chi connectivity index (χ1n) is 5.31. The van der Waals surface area contributed by atoms with E-state index in [9.17, 15) is 0 Å². The number of para-hydroxylation sites is 1. The topological polar surface area (TPSA) is 13.1 Å². The van der Waals surface area contributed by atoms with Crippen molar-refractivity contribution >= 4 is 33.5 Å². The molecule has 0 bridgehead atoms. The molecule has 0 saturated heterocycles. The van der Waals surface area contributed by atoms with E-state index < -0.39 is 0 Å². The van der Waals surface area contributed by atoms with Crippen LogP contribution in [0, 0.1) is 0 Å². The zero-order valence-electron chi connectivity index (χ0n) is 8.91. The predicted octanol–water partition coefficient (Wildman–Crippen LogP) is 4.89. The quantitative estimate of drug-likeness (QED) is 0.543. The summed E-state index contributed by atoms with van der Waals surface area (Å²) in [7, 11) is 0.